The molecule has 6 heteroatoms. The Morgan fingerprint density at radius 3 is 2.62 bits per heavy atom. The van der Waals surface area contributed by atoms with Crippen molar-refractivity contribution in [3.8, 4) is 0 Å². The molecule has 3 N–H and O–H groups in total. The van der Waals surface area contributed by atoms with Crippen LogP contribution in [0.5, 0.6) is 0 Å². The third-order valence-corrected chi connectivity index (χ3v) is 4.03. The Balaban J connectivity index is 0.00000220. The van der Waals surface area contributed by atoms with Crippen LogP contribution in [-0.4, -0.2) is 25.7 Å². The van der Waals surface area contributed by atoms with Gasteiger partial charge in [0.2, 0.25) is 5.91 Å². The number of carbonyl (C=O) groups excluding carboxylic acids is 1. The van der Waals surface area contributed by atoms with Crippen LogP contribution in [-0.2, 0) is 15.1 Å². The molecule has 0 spiro atoms. The van der Waals surface area contributed by atoms with Gasteiger partial charge >= 0.3 is 0 Å². The van der Waals surface area contributed by atoms with E-state index < -0.39 is 5.54 Å². The summed E-state index contributed by atoms with van der Waals surface area (Å²) in [6, 6.07) is 7.47. The van der Waals surface area contributed by atoms with E-state index in [1.807, 2.05) is 24.3 Å². The molecule has 21 heavy (non-hydrogen) atoms. The van der Waals surface area contributed by atoms with E-state index >= 15 is 0 Å². The molecule has 1 saturated carbocycles. The molecular formula is C15H22BrClN2O2. The van der Waals surface area contributed by atoms with E-state index in [0.717, 1.165) is 22.6 Å². The fourth-order valence-corrected chi connectivity index (χ4v) is 2.15. The highest BCUT2D eigenvalue weighted by atomic mass is 79.9. The lowest BCUT2D eigenvalue weighted by Crippen LogP contribution is -2.49. The Morgan fingerprint density at radius 2 is 2.05 bits per heavy atom. The molecule has 0 aliphatic heterocycles. The maximum atomic E-state index is 12.2. The molecule has 1 aliphatic rings. The normalized spacial score (nSPS) is 16.7. The van der Waals surface area contributed by atoms with Crippen LogP contribution in [0.3, 0.4) is 0 Å². The number of hydrogen-bond donors (Lipinski definition) is 2. The maximum absolute atomic E-state index is 12.2. The van der Waals surface area contributed by atoms with Gasteiger partial charge in [0.1, 0.15) is 5.54 Å². The van der Waals surface area contributed by atoms with Crippen molar-refractivity contribution in [3.05, 3.63) is 34.3 Å². The van der Waals surface area contributed by atoms with Crippen molar-refractivity contribution in [2.45, 2.75) is 25.3 Å². The van der Waals surface area contributed by atoms with Crippen LogP contribution in [0.1, 0.15) is 25.3 Å². The Morgan fingerprint density at radius 1 is 1.43 bits per heavy atom. The lowest BCUT2D eigenvalue weighted by molar-refractivity contribution is -0.126. The van der Waals surface area contributed by atoms with Crippen molar-refractivity contribution in [3.63, 3.8) is 0 Å². The minimum Gasteiger partial charge on any atom is -0.379 e. The van der Waals surface area contributed by atoms with Gasteiger partial charge in [0.15, 0.2) is 0 Å². The van der Waals surface area contributed by atoms with Gasteiger partial charge in [0.05, 0.1) is 6.61 Å². The van der Waals surface area contributed by atoms with Crippen molar-refractivity contribution < 1.29 is 9.53 Å². The van der Waals surface area contributed by atoms with Gasteiger partial charge in [-0.15, -0.1) is 12.4 Å². The summed E-state index contributed by atoms with van der Waals surface area (Å²) >= 11 is 3.37. The fourth-order valence-electron chi connectivity index (χ4n) is 1.88. The van der Waals surface area contributed by atoms with Crippen molar-refractivity contribution in [1.82, 2.24) is 5.32 Å². The second-order valence-corrected chi connectivity index (χ2v) is 6.40. The molecule has 4 nitrogen and oxygen atoms in total. The Labute approximate surface area is 140 Å². The molecular weight excluding hydrogens is 356 g/mol. The fraction of sp³-hybridized carbons (Fsp3) is 0.533. The van der Waals surface area contributed by atoms with Crippen LogP contribution in [0.4, 0.5) is 0 Å². The molecule has 0 heterocycles. The summed E-state index contributed by atoms with van der Waals surface area (Å²) in [6.07, 6.45) is 2.55. The molecule has 1 aromatic rings. The van der Waals surface area contributed by atoms with Gasteiger partial charge in [-0.1, -0.05) is 28.1 Å². The minimum atomic E-state index is -1.03. The first-order valence-electron chi connectivity index (χ1n) is 6.91. The number of ether oxygens (including phenoxy) is 1. The summed E-state index contributed by atoms with van der Waals surface area (Å²) < 4.78 is 6.44. The quantitative estimate of drug-likeness (QED) is 0.718. The van der Waals surface area contributed by atoms with Gasteiger partial charge in [-0.25, -0.2) is 0 Å². The molecule has 2 rings (SSSR count). The number of amides is 1. The number of rotatable bonds is 7. The lowest BCUT2D eigenvalue weighted by Gasteiger charge is -2.24. The van der Waals surface area contributed by atoms with E-state index in [4.69, 9.17) is 10.5 Å². The molecule has 118 valence electrons. The summed E-state index contributed by atoms with van der Waals surface area (Å²) in [6.45, 7) is 3.56. The molecule has 0 radical (unpaired) electrons. The largest absolute Gasteiger partial charge is 0.379 e. The second kappa shape index (κ2) is 8.13. The molecule has 1 aromatic carbocycles. The van der Waals surface area contributed by atoms with Crippen LogP contribution >= 0.6 is 28.3 Å². The zero-order valence-electron chi connectivity index (χ0n) is 12.1. The Hall–Kier alpha value is -0.620. The Kier molecular flexibility index (Phi) is 7.13. The van der Waals surface area contributed by atoms with Crippen molar-refractivity contribution in [2.24, 2.45) is 11.7 Å². The van der Waals surface area contributed by atoms with Gasteiger partial charge in [-0.2, -0.15) is 0 Å². The van der Waals surface area contributed by atoms with Crippen LogP contribution < -0.4 is 11.1 Å². The Bertz CT molecular complexity index is 461. The molecule has 1 fully saturated rings. The molecule has 0 bridgehead atoms. The lowest BCUT2D eigenvalue weighted by atomic mass is 9.92. The van der Waals surface area contributed by atoms with E-state index in [9.17, 15) is 4.79 Å². The summed E-state index contributed by atoms with van der Waals surface area (Å²) in [5.74, 6) is 0.558. The van der Waals surface area contributed by atoms with E-state index in [0.29, 0.717) is 13.2 Å². The number of hydrogen-bond acceptors (Lipinski definition) is 3. The molecule has 0 aromatic heterocycles. The second-order valence-electron chi connectivity index (χ2n) is 5.48. The smallest absolute Gasteiger partial charge is 0.244 e. The van der Waals surface area contributed by atoms with E-state index in [-0.39, 0.29) is 18.3 Å². The van der Waals surface area contributed by atoms with E-state index in [1.54, 1.807) is 6.92 Å². The third-order valence-electron chi connectivity index (χ3n) is 3.50. The van der Waals surface area contributed by atoms with Gasteiger partial charge in [-0.05, 0) is 43.4 Å². The van der Waals surface area contributed by atoms with Crippen LogP contribution in [0.15, 0.2) is 28.7 Å². The third kappa shape index (κ3) is 5.58. The first-order chi connectivity index (χ1) is 9.50. The van der Waals surface area contributed by atoms with Crippen molar-refractivity contribution in [2.75, 3.05) is 19.8 Å². The first kappa shape index (κ1) is 18.4. The van der Waals surface area contributed by atoms with Gasteiger partial charge in [0.25, 0.3) is 0 Å². The number of benzene rings is 1. The topological polar surface area (TPSA) is 64.4 Å². The molecule has 0 saturated heterocycles. The van der Waals surface area contributed by atoms with E-state index in [2.05, 4.69) is 21.2 Å². The van der Waals surface area contributed by atoms with Crippen LogP contribution in [0, 0.1) is 5.92 Å². The number of nitrogens with one attached hydrogen (secondary N) is 1. The summed E-state index contributed by atoms with van der Waals surface area (Å²) in [5.41, 5.74) is 5.89. The average molecular weight is 378 g/mol. The molecule has 1 unspecified atom stereocenters. The van der Waals surface area contributed by atoms with Gasteiger partial charge in [0, 0.05) is 17.6 Å². The zero-order chi connectivity index (χ0) is 14.6. The number of halogens is 2. The van der Waals surface area contributed by atoms with Crippen LogP contribution in [0.2, 0.25) is 0 Å². The summed E-state index contributed by atoms with van der Waals surface area (Å²) in [7, 11) is 0. The number of nitrogens with two attached hydrogens (primary N) is 1. The predicted octanol–water partition coefficient (Wildman–Crippen LogP) is 2.59. The average Bonchev–Trinajstić information content (AvgIpc) is 3.22. The zero-order valence-corrected chi connectivity index (χ0v) is 14.5. The van der Waals surface area contributed by atoms with Crippen LogP contribution in [0.25, 0.3) is 0 Å². The van der Waals surface area contributed by atoms with Crippen molar-refractivity contribution >= 4 is 34.2 Å². The predicted molar refractivity (Wildman–Crippen MR) is 89.5 cm³/mol. The van der Waals surface area contributed by atoms with Crippen molar-refractivity contribution in [1.29, 1.82) is 0 Å². The SMILES string of the molecule is CC(N)(C(=O)NCCOCC1CC1)c1ccc(Br)cc1.Cl. The minimum absolute atomic E-state index is 0. The summed E-state index contributed by atoms with van der Waals surface area (Å²) in [4.78, 5) is 12.2. The van der Waals surface area contributed by atoms with Gasteiger partial charge < -0.3 is 15.8 Å². The highest BCUT2D eigenvalue weighted by Crippen LogP contribution is 2.28. The van der Waals surface area contributed by atoms with Gasteiger partial charge in [-0.3, -0.25) is 4.79 Å². The molecule has 1 atom stereocenters. The standard InChI is InChI=1S/C15H21BrN2O2.ClH/c1-15(17,12-4-6-13(16)7-5-12)14(19)18-8-9-20-10-11-2-3-11;/h4-7,11H,2-3,8-10,17H2,1H3,(H,18,19);1H. The highest BCUT2D eigenvalue weighted by Gasteiger charge is 2.30. The molecule has 1 aliphatic carbocycles. The van der Waals surface area contributed by atoms with E-state index in [1.165, 1.54) is 12.8 Å². The first-order valence-corrected chi connectivity index (χ1v) is 7.70. The highest BCUT2D eigenvalue weighted by molar-refractivity contribution is 9.10. The molecule has 1 amide bonds. The number of carbonyl (C=O) groups is 1. The summed E-state index contributed by atoms with van der Waals surface area (Å²) in [5, 5.41) is 2.83. The maximum Gasteiger partial charge on any atom is 0.244 e. The monoisotopic (exact) mass is 376 g/mol.